The number of methoxy groups -OCH3 is 1. The fourth-order valence-corrected chi connectivity index (χ4v) is 4.16. The predicted molar refractivity (Wildman–Crippen MR) is 92.9 cm³/mol. The summed E-state index contributed by atoms with van der Waals surface area (Å²) in [7, 11) is 1.55. The molecule has 2 heterocycles. The Bertz CT molecular complexity index is 1060. The minimum absolute atomic E-state index is 0.0858. The normalized spacial score (nSPS) is 23.7. The van der Waals surface area contributed by atoms with E-state index in [4.69, 9.17) is 18.9 Å². The van der Waals surface area contributed by atoms with E-state index in [9.17, 15) is 4.79 Å². The highest BCUT2D eigenvalue weighted by Gasteiger charge is 2.69. The minimum Gasteiger partial charge on any atom is -0.496 e. The molecule has 0 aromatic heterocycles. The summed E-state index contributed by atoms with van der Waals surface area (Å²) in [5, 5.41) is 1.97. The molecule has 2 aliphatic heterocycles. The lowest BCUT2D eigenvalue weighted by Gasteiger charge is -2.40. The molecule has 2 atom stereocenters. The first kappa shape index (κ1) is 14.2. The van der Waals surface area contributed by atoms with E-state index >= 15 is 0 Å². The maximum absolute atomic E-state index is 12.8. The number of carbonyl (C=O) groups excluding carboxylic acids is 1. The predicted octanol–water partition coefficient (Wildman–Crippen LogP) is 3.44. The lowest BCUT2D eigenvalue weighted by atomic mass is 9.84. The summed E-state index contributed by atoms with van der Waals surface area (Å²) < 4.78 is 24.0. The van der Waals surface area contributed by atoms with Gasteiger partial charge in [0, 0.05) is 0 Å². The number of fused-ring (bicyclic) bond motifs is 4. The number of epoxide rings is 1. The van der Waals surface area contributed by atoms with Crippen LogP contribution in [0.15, 0.2) is 54.6 Å². The van der Waals surface area contributed by atoms with Gasteiger partial charge in [0.1, 0.15) is 17.2 Å². The molecule has 1 aliphatic carbocycles. The average molecular weight is 346 g/mol. The fraction of sp³-hybridized carbons (Fsp3) is 0.190. The van der Waals surface area contributed by atoms with E-state index in [1.165, 1.54) is 0 Å². The van der Waals surface area contributed by atoms with Crippen molar-refractivity contribution in [1.29, 1.82) is 0 Å². The molecule has 0 bridgehead atoms. The average Bonchev–Trinajstić information content (AvgIpc) is 3.48. The SMILES string of the molecule is COc1cccc2c1C(=O)[C@H]1O[C@H]1C21Oc2cccc3cccc(c23)O1. The molecule has 0 N–H and O–H groups in total. The first-order valence-corrected chi connectivity index (χ1v) is 8.50. The van der Waals surface area contributed by atoms with E-state index in [1.54, 1.807) is 13.2 Å². The van der Waals surface area contributed by atoms with Crippen molar-refractivity contribution in [3.05, 3.63) is 65.7 Å². The molecule has 3 aromatic rings. The molecule has 0 saturated carbocycles. The summed E-state index contributed by atoms with van der Waals surface area (Å²) in [6.07, 6.45) is -1.04. The molecule has 5 heteroatoms. The van der Waals surface area contributed by atoms with Gasteiger partial charge in [-0.1, -0.05) is 36.4 Å². The first-order chi connectivity index (χ1) is 12.7. The molecule has 128 valence electrons. The Labute approximate surface area is 149 Å². The van der Waals surface area contributed by atoms with Crippen molar-refractivity contribution in [3.8, 4) is 17.2 Å². The van der Waals surface area contributed by atoms with Gasteiger partial charge in [0.2, 0.25) is 0 Å². The zero-order valence-electron chi connectivity index (χ0n) is 13.9. The molecular weight excluding hydrogens is 332 g/mol. The second kappa shape index (κ2) is 4.56. The van der Waals surface area contributed by atoms with Crippen molar-refractivity contribution < 1.29 is 23.7 Å². The number of ether oxygens (including phenoxy) is 4. The van der Waals surface area contributed by atoms with Crippen LogP contribution in [0.1, 0.15) is 15.9 Å². The first-order valence-electron chi connectivity index (χ1n) is 8.50. The van der Waals surface area contributed by atoms with Crippen LogP contribution < -0.4 is 14.2 Å². The summed E-state index contributed by atoms with van der Waals surface area (Å²) in [5.74, 6) is 0.677. The van der Waals surface area contributed by atoms with Gasteiger partial charge in [0.25, 0.3) is 0 Å². The molecule has 5 nitrogen and oxygen atoms in total. The van der Waals surface area contributed by atoms with Gasteiger partial charge >= 0.3 is 5.79 Å². The largest absolute Gasteiger partial charge is 0.496 e. The standard InChI is InChI=1S/C21H14O5/c1-23-13-8-4-7-12-17(13)18(22)19-20(24-19)21(12)25-14-9-2-5-11-6-3-10-15(26-21)16(11)14/h2-10,19-20H,1H3/t19-,20-/m1/s1. The van der Waals surface area contributed by atoms with Gasteiger partial charge in [0.15, 0.2) is 18.0 Å². The zero-order chi connectivity index (χ0) is 17.5. The molecule has 1 spiro atoms. The van der Waals surface area contributed by atoms with Crippen LogP contribution in [0.25, 0.3) is 10.8 Å². The maximum Gasteiger partial charge on any atom is 0.308 e. The Balaban J connectivity index is 1.63. The molecule has 1 saturated heterocycles. The van der Waals surface area contributed by atoms with Crippen molar-refractivity contribution in [3.63, 3.8) is 0 Å². The van der Waals surface area contributed by atoms with Crippen molar-refractivity contribution >= 4 is 16.6 Å². The zero-order valence-corrected chi connectivity index (χ0v) is 13.9. The van der Waals surface area contributed by atoms with Crippen LogP contribution >= 0.6 is 0 Å². The van der Waals surface area contributed by atoms with Crippen LogP contribution in [0.4, 0.5) is 0 Å². The van der Waals surface area contributed by atoms with Gasteiger partial charge in [0.05, 0.1) is 23.6 Å². The van der Waals surface area contributed by atoms with E-state index in [2.05, 4.69) is 0 Å². The van der Waals surface area contributed by atoms with Gasteiger partial charge < -0.3 is 18.9 Å². The van der Waals surface area contributed by atoms with Crippen molar-refractivity contribution in [2.45, 2.75) is 18.0 Å². The number of hydrogen-bond donors (Lipinski definition) is 0. The lowest BCUT2D eigenvalue weighted by molar-refractivity contribution is -0.145. The Morgan fingerprint density at radius 2 is 1.65 bits per heavy atom. The summed E-state index contributed by atoms with van der Waals surface area (Å²) in [4.78, 5) is 12.8. The third-order valence-electron chi connectivity index (χ3n) is 5.34. The van der Waals surface area contributed by atoms with Gasteiger partial charge in [-0.05, 0) is 23.6 Å². The maximum atomic E-state index is 12.8. The summed E-state index contributed by atoms with van der Waals surface area (Å²) >= 11 is 0. The molecule has 26 heavy (non-hydrogen) atoms. The van der Waals surface area contributed by atoms with Crippen LogP contribution in [0.5, 0.6) is 17.2 Å². The summed E-state index contributed by atoms with van der Waals surface area (Å²) in [6.45, 7) is 0. The van der Waals surface area contributed by atoms with Crippen molar-refractivity contribution in [1.82, 2.24) is 0 Å². The topological polar surface area (TPSA) is 57.3 Å². The monoisotopic (exact) mass is 346 g/mol. The Hall–Kier alpha value is -3.05. The van der Waals surface area contributed by atoms with Gasteiger partial charge in [-0.15, -0.1) is 0 Å². The summed E-state index contributed by atoms with van der Waals surface area (Å²) in [5.41, 5.74) is 1.12. The van der Waals surface area contributed by atoms with E-state index in [-0.39, 0.29) is 5.78 Å². The molecule has 3 aliphatic rings. The second-order valence-corrected chi connectivity index (χ2v) is 6.71. The van der Waals surface area contributed by atoms with Gasteiger partial charge in [-0.25, -0.2) is 0 Å². The fourth-order valence-electron chi connectivity index (χ4n) is 4.16. The highest BCUT2D eigenvalue weighted by Crippen LogP contribution is 2.55. The summed E-state index contributed by atoms with van der Waals surface area (Å²) in [6, 6.07) is 17.2. The van der Waals surface area contributed by atoms with E-state index in [0.29, 0.717) is 16.9 Å². The number of hydrogen-bond acceptors (Lipinski definition) is 5. The van der Waals surface area contributed by atoms with Crippen LogP contribution in [-0.2, 0) is 10.5 Å². The molecular formula is C21H14O5. The van der Waals surface area contributed by atoms with E-state index in [0.717, 1.165) is 22.3 Å². The number of ketones is 1. The number of carbonyl (C=O) groups is 1. The lowest BCUT2D eigenvalue weighted by Crippen LogP contribution is -2.51. The van der Waals surface area contributed by atoms with Crippen molar-refractivity contribution in [2.75, 3.05) is 7.11 Å². The Kier molecular flexibility index (Phi) is 2.48. The third-order valence-corrected chi connectivity index (χ3v) is 5.34. The Morgan fingerprint density at radius 1 is 0.962 bits per heavy atom. The highest BCUT2D eigenvalue weighted by atomic mass is 16.8. The highest BCUT2D eigenvalue weighted by molar-refractivity contribution is 6.07. The molecule has 3 aromatic carbocycles. The van der Waals surface area contributed by atoms with Gasteiger partial charge in [-0.2, -0.15) is 0 Å². The van der Waals surface area contributed by atoms with Crippen LogP contribution in [0.3, 0.4) is 0 Å². The third kappa shape index (κ3) is 1.57. The molecule has 6 rings (SSSR count). The van der Waals surface area contributed by atoms with Crippen LogP contribution in [-0.4, -0.2) is 25.1 Å². The molecule has 0 radical (unpaired) electrons. The second-order valence-electron chi connectivity index (χ2n) is 6.71. The van der Waals surface area contributed by atoms with E-state index in [1.807, 2.05) is 48.5 Å². The quantitative estimate of drug-likeness (QED) is 0.632. The van der Waals surface area contributed by atoms with Crippen LogP contribution in [0.2, 0.25) is 0 Å². The minimum atomic E-state index is -1.19. The Morgan fingerprint density at radius 3 is 2.35 bits per heavy atom. The van der Waals surface area contributed by atoms with Crippen molar-refractivity contribution in [2.24, 2.45) is 0 Å². The molecule has 1 fully saturated rings. The van der Waals surface area contributed by atoms with Gasteiger partial charge in [-0.3, -0.25) is 4.79 Å². The number of benzene rings is 3. The molecule has 0 unspecified atom stereocenters. The smallest absolute Gasteiger partial charge is 0.308 e. The van der Waals surface area contributed by atoms with Crippen LogP contribution in [0, 0.1) is 0 Å². The number of rotatable bonds is 1. The number of Topliss-reactive ketones (excluding diaryl/α,β-unsaturated/α-hetero) is 1. The van der Waals surface area contributed by atoms with E-state index < -0.39 is 18.0 Å². The molecule has 0 amide bonds.